The molecule has 1 fully saturated rings. The number of carbonyl (C=O) groups excluding carboxylic acids is 1. The largest absolute Gasteiger partial charge is 0.490 e. The third-order valence-electron chi connectivity index (χ3n) is 4.84. The van der Waals surface area contributed by atoms with Crippen molar-refractivity contribution in [1.82, 2.24) is 0 Å². The van der Waals surface area contributed by atoms with Crippen LogP contribution in [-0.2, 0) is 19.6 Å². The first-order valence-electron chi connectivity index (χ1n) is 9.33. The second kappa shape index (κ2) is 8.65. The van der Waals surface area contributed by atoms with E-state index in [9.17, 15) is 13.2 Å². The topological polar surface area (TPSA) is 72.9 Å². The van der Waals surface area contributed by atoms with Gasteiger partial charge in [0.2, 0.25) is 0 Å². The predicted octanol–water partition coefficient (Wildman–Crippen LogP) is 3.68. The van der Waals surface area contributed by atoms with E-state index in [1.807, 2.05) is 6.92 Å². The van der Waals surface area contributed by atoms with Crippen molar-refractivity contribution in [3.8, 4) is 5.75 Å². The molecule has 6 nitrogen and oxygen atoms in total. The lowest BCUT2D eigenvalue weighted by Crippen LogP contribution is -2.36. The number of anilines is 1. The van der Waals surface area contributed by atoms with E-state index in [1.54, 1.807) is 36.4 Å². The maximum absolute atomic E-state index is 13.1. The van der Waals surface area contributed by atoms with Gasteiger partial charge in [-0.1, -0.05) is 17.7 Å². The Hall–Kier alpha value is -2.54. The summed E-state index contributed by atoms with van der Waals surface area (Å²) >= 11 is 0. The summed E-state index contributed by atoms with van der Waals surface area (Å²) in [6, 6.07) is 13.3. The van der Waals surface area contributed by atoms with Crippen molar-refractivity contribution >= 4 is 21.7 Å². The molecule has 0 unspecified atom stereocenters. The summed E-state index contributed by atoms with van der Waals surface area (Å²) in [6.07, 6.45) is 4.64. The highest BCUT2D eigenvalue weighted by Crippen LogP contribution is 2.28. The highest BCUT2D eigenvalue weighted by atomic mass is 32.2. The third-order valence-corrected chi connectivity index (χ3v) is 6.63. The van der Waals surface area contributed by atoms with Crippen LogP contribution in [0.15, 0.2) is 53.4 Å². The first kappa shape index (κ1) is 20.2. The summed E-state index contributed by atoms with van der Waals surface area (Å²) in [7, 11) is -2.69. The van der Waals surface area contributed by atoms with Crippen molar-refractivity contribution < 1.29 is 22.7 Å². The molecule has 0 saturated heterocycles. The molecule has 0 N–H and O–H groups in total. The molecule has 0 spiro atoms. The minimum Gasteiger partial charge on any atom is -0.490 e. The summed E-state index contributed by atoms with van der Waals surface area (Å²) in [5.41, 5.74) is 1.33. The van der Waals surface area contributed by atoms with Crippen molar-refractivity contribution in [2.24, 2.45) is 0 Å². The number of hydrogen-bond donors (Lipinski definition) is 0. The van der Waals surface area contributed by atoms with Crippen LogP contribution in [0.5, 0.6) is 5.75 Å². The molecule has 2 aromatic carbocycles. The SMILES string of the molecule is COC(=O)CN(c1ccc(OC2CCCC2)cc1)S(=O)(=O)c1ccc(C)cc1. The summed E-state index contributed by atoms with van der Waals surface area (Å²) in [6.45, 7) is 1.47. The minimum absolute atomic E-state index is 0.119. The van der Waals surface area contributed by atoms with E-state index in [4.69, 9.17) is 9.47 Å². The van der Waals surface area contributed by atoms with E-state index < -0.39 is 22.5 Å². The van der Waals surface area contributed by atoms with Crippen molar-refractivity contribution in [3.63, 3.8) is 0 Å². The van der Waals surface area contributed by atoms with E-state index in [1.165, 1.54) is 32.1 Å². The normalized spacial score (nSPS) is 14.6. The van der Waals surface area contributed by atoms with E-state index in [0.717, 1.165) is 22.7 Å². The van der Waals surface area contributed by atoms with Gasteiger partial charge in [-0.3, -0.25) is 9.10 Å². The fourth-order valence-corrected chi connectivity index (χ4v) is 4.63. The molecule has 28 heavy (non-hydrogen) atoms. The molecule has 0 aromatic heterocycles. The number of rotatable bonds is 7. The third kappa shape index (κ3) is 4.65. The number of benzene rings is 2. The molecule has 1 aliphatic rings. The van der Waals surface area contributed by atoms with Gasteiger partial charge in [0.05, 0.1) is 23.8 Å². The van der Waals surface area contributed by atoms with Gasteiger partial charge in [0.15, 0.2) is 0 Å². The minimum atomic E-state index is -3.92. The average molecular weight is 404 g/mol. The van der Waals surface area contributed by atoms with Crippen molar-refractivity contribution in [2.45, 2.75) is 43.6 Å². The molecule has 3 rings (SSSR count). The standard InChI is InChI=1S/C21H25NO5S/c1-16-7-13-20(14-8-16)28(24,25)22(15-21(23)26-2)17-9-11-19(12-10-17)27-18-5-3-4-6-18/h7-14,18H,3-6,15H2,1-2H3. The van der Waals surface area contributed by atoms with Crippen LogP contribution in [0.3, 0.4) is 0 Å². The summed E-state index contributed by atoms with van der Waals surface area (Å²) in [5, 5.41) is 0. The second-order valence-corrected chi connectivity index (χ2v) is 8.78. The Balaban J connectivity index is 1.88. The van der Waals surface area contributed by atoms with Gasteiger partial charge in [0.1, 0.15) is 12.3 Å². The fourth-order valence-electron chi connectivity index (χ4n) is 3.22. The van der Waals surface area contributed by atoms with Crippen LogP contribution in [0.1, 0.15) is 31.2 Å². The number of ether oxygens (including phenoxy) is 2. The Labute approximate surface area is 166 Å². The highest BCUT2D eigenvalue weighted by molar-refractivity contribution is 7.92. The van der Waals surface area contributed by atoms with Gasteiger partial charge >= 0.3 is 5.97 Å². The molecule has 150 valence electrons. The monoisotopic (exact) mass is 403 g/mol. The molecule has 0 bridgehead atoms. The Morgan fingerprint density at radius 1 is 1.04 bits per heavy atom. The lowest BCUT2D eigenvalue weighted by molar-refractivity contribution is -0.138. The highest BCUT2D eigenvalue weighted by Gasteiger charge is 2.27. The van der Waals surface area contributed by atoms with Crippen molar-refractivity contribution in [1.29, 1.82) is 0 Å². The van der Waals surface area contributed by atoms with E-state index in [-0.39, 0.29) is 11.0 Å². The molecule has 2 aromatic rings. The zero-order valence-electron chi connectivity index (χ0n) is 16.1. The molecule has 0 heterocycles. The number of carbonyl (C=O) groups is 1. The number of methoxy groups -OCH3 is 1. The number of aryl methyl sites for hydroxylation is 1. The van der Waals surface area contributed by atoms with Gasteiger partial charge < -0.3 is 9.47 Å². The van der Waals surface area contributed by atoms with E-state index >= 15 is 0 Å². The molecular formula is C21H25NO5S. The maximum Gasteiger partial charge on any atom is 0.326 e. The summed E-state index contributed by atoms with van der Waals surface area (Å²) in [5.74, 6) is 0.0587. The number of sulfonamides is 1. The average Bonchev–Trinajstić information content (AvgIpc) is 3.20. The van der Waals surface area contributed by atoms with Gasteiger partial charge in [-0.2, -0.15) is 0 Å². The molecule has 0 aliphatic heterocycles. The zero-order chi connectivity index (χ0) is 20.1. The number of nitrogens with zero attached hydrogens (tertiary/aromatic N) is 1. The van der Waals surface area contributed by atoms with Crippen LogP contribution in [0.25, 0.3) is 0 Å². The Bertz CT molecular complexity index is 901. The number of esters is 1. The first-order chi connectivity index (χ1) is 13.4. The zero-order valence-corrected chi connectivity index (χ0v) is 16.9. The summed E-state index contributed by atoms with van der Waals surface area (Å²) in [4.78, 5) is 12.0. The molecule has 0 amide bonds. The van der Waals surface area contributed by atoms with Gasteiger partial charge in [0.25, 0.3) is 10.0 Å². The predicted molar refractivity (Wildman–Crippen MR) is 107 cm³/mol. The summed E-state index contributed by atoms with van der Waals surface area (Å²) < 4.78 is 38.0. The van der Waals surface area contributed by atoms with Gasteiger partial charge in [-0.15, -0.1) is 0 Å². The second-order valence-electron chi connectivity index (χ2n) is 6.92. The Morgan fingerprint density at radius 3 is 2.21 bits per heavy atom. The molecule has 1 saturated carbocycles. The van der Waals surface area contributed by atoms with Gasteiger partial charge in [-0.25, -0.2) is 8.42 Å². The first-order valence-corrected chi connectivity index (χ1v) is 10.8. The quantitative estimate of drug-likeness (QED) is 0.660. The van der Waals surface area contributed by atoms with Crippen molar-refractivity contribution in [2.75, 3.05) is 18.0 Å². The van der Waals surface area contributed by atoms with Gasteiger partial charge in [-0.05, 0) is 69.0 Å². The van der Waals surface area contributed by atoms with Crippen molar-refractivity contribution in [3.05, 3.63) is 54.1 Å². The van der Waals surface area contributed by atoms with Gasteiger partial charge in [0, 0.05) is 0 Å². The Morgan fingerprint density at radius 2 is 1.64 bits per heavy atom. The van der Waals surface area contributed by atoms with Crippen LogP contribution in [-0.4, -0.2) is 34.1 Å². The van der Waals surface area contributed by atoms with E-state index in [2.05, 4.69) is 0 Å². The molecule has 0 radical (unpaired) electrons. The fraction of sp³-hybridized carbons (Fsp3) is 0.381. The molecule has 7 heteroatoms. The van der Waals surface area contributed by atoms with Crippen LogP contribution in [0.2, 0.25) is 0 Å². The Kier molecular flexibility index (Phi) is 6.24. The van der Waals surface area contributed by atoms with E-state index in [0.29, 0.717) is 11.4 Å². The molecule has 1 aliphatic carbocycles. The smallest absolute Gasteiger partial charge is 0.326 e. The lowest BCUT2D eigenvalue weighted by atomic mass is 10.2. The molecular weight excluding hydrogens is 378 g/mol. The van der Waals surface area contributed by atoms with Crippen LogP contribution in [0.4, 0.5) is 5.69 Å². The molecule has 0 atom stereocenters. The van der Waals surface area contributed by atoms with Crippen LogP contribution in [0, 0.1) is 6.92 Å². The maximum atomic E-state index is 13.1. The van der Waals surface area contributed by atoms with Crippen LogP contribution < -0.4 is 9.04 Å². The number of hydrogen-bond acceptors (Lipinski definition) is 5. The van der Waals surface area contributed by atoms with Crippen LogP contribution >= 0.6 is 0 Å². The lowest BCUT2D eigenvalue weighted by Gasteiger charge is -2.24.